The maximum atomic E-state index is 12.1. The van der Waals surface area contributed by atoms with Gasteiger partial charge in [0.15, 0.2) is 0 Å². The largest absolute Gasteiger partial charge is 0.405 e. The van der Waals surface area contributed by atoms with Crippen molar-refractivity contribution in [3.63, 3.8) is 0 Å². The van der Waals surface area contributed by atoms with E-state index >= 15 is 0 Å². The molecule has 0 spiro atoms. The summed E-state index contributed by atoms with van der Waals surface area (Å²) in [6.07, 6.45) is 2.48. The van der Waals surface area contributed by atoms with Crippen molar-refractivity contribution in [2.24, 2.45) is 5.92 Å². The van der Waals surface area contributed by atoms with Gasteiger partial charge < -0.3 is 10.6 Å². The van der Waals surface area contributed by atoms with Gasteiger partial charge in [0.1, 0.15) is 6.54 Å². The summed E-state index contributed by atoms with van der Waals surface area (Å²) in [5.74, 6) is -0.0526. The predicted molar refractivity (Wildman–Crippen MR) is 72.3 cm³/mol. The van der Waals surface area contributed by atoms with E-state index in [1.165, 1.54) is 19.3 Å². The Bertz CT molecular complexity index is 301. The molecule has 0 radical (unpaired) electrons. The van der Waals surface area contributed by atoms with Crippen molar-refractivity contribution in [1.29, 1.82) is 0 Å². The maximum absolute atomic E-state index is 12.1. The zero-order chi connectivity index (χ0) is 15.2. The first kappa shape index (κ1) is 17.3. The van der Waals surface area contributed by atoms with Crippen LogP contribution in [0.2, 0.25) is 0 Å². The second-order valence-corrected chi connectivity index (χ2v) is 5.63. The van der Waals surface area contributed by atoms with Crippen LogP contribution in [0.1, 0.15) is 52.4 Å². The van der Waals surface area contributed by atoms with Gasteiger partial charge in [-0.2, -0.15) is 13.2 Å². The summed E-state index contributed by atoms with van der Waals surface area (Å²) in [4.78, 5) is 11.7. The number of carbonyl (C=O) groups excluding carboxylic acids is 1. The van der Waals surface area contributed by atoms with Gasteiger partial charge in [0.05, 0.1) is 6.04 Å². The number of hydrogen-bond acceptors (Lipinski definition) is 2. The highest BCUT2D eigenvalue weighted by Crippen LogP contribution is 2.27. The van der Waals surface area contributed by atoms with Crippen molar-refractivity contribution in [2.45, 2.75) is 70.6 Å². The highest BCUT2D eigenvalue weighted by atomic mass is 19.4. The molecule has 6 heteroatoms. The molecule has 0 bridgehead atoms. The van der Waals surface area contributed by atoms with Gasteiger partial charge in [-0.1, -0.05) is 26.2 Å². The highest BCUT2D eigenvalue weighted by molar-refractivity contribution is 5.81. The molecule has 0 saturated heterocycles. The van der Waals surface area contributed by atoms with Crippen LogP contribution in [0.4, 0.5) is 13.2 Å². The van der Waals surface area contributed by atoms with Crippen LogP contribution in [0.15, 0.2) is 0 Å². The van der Waals surface area contributed by atoms with Gasteiger partial charge in [-0.05, 0) is 32.1 Å². The number of nitrogens with one attached hydrogen (secondary N) is 2. The molecule has 0 aromatic rings. The number of rotatable bonds is 6. The van der Waals surface area contributed by atoms with Crippen molar-refractivity contribution in [3.05, 3.63) is 0 Å². The summed E-state index contributed by atoms with van der Waals surface area (Å²) < 4.78 is 36.2. The third-order valence-electron chi connectivity index (χ3n) is 3.98. The molecule has 1 rings (SSSR count). The Hall–Kier alpha value is -0.780. The zero-order valence-electron chi connectivity index (χ0n) is 12.2. The lowest BCUT2D eigenvalue weighted by atomic mass is 9.82. The summed E-state index contributed by atoms with van der Waals surface area (Å²) in [6, 6.07) is -0.383. The molecule has 0 heterocycles. The minimum Gasteiger partial charge on any atom is -0.346 e. The molecular formula is C14H25F3N2O. The molecule has 1 fully saturated rings. The molecule has 0 aromatic heterocycles. The van der Waals surface area contributed by atoms with Crippen molar-refractivity contribution in [2.75, 3.05) is 6.54 Å². The van der Waals surface area contributed by atoms with Crippen LogP contribution in [-0.2, 0) is 4.79 Å². The SMILES string of the molecule is CCC(NC(C)C(=O)NCC(F)(F)F)C1CCCCC1. The number of alkyl halides is 3. The van der Waals surface area contributed by atoms with Crippen molar-refractivity contribution >= 4 is 5.91 Å². The van der Waals surface area contributed by atoms with Gasteiger partial charge >= 0.3 is 6.18 Å². The van der Waals surface area contributed by atoms with Gasteiger partial charge in [0, 0.05) is 6.04 Å². The molecule has 0 aliphatic heterocycles. The predicted octanol–water partition coefficient (Wildman–Crippen LogP) is 3.00. The Labute approximate surface area is 118 Å². The van der Waals surface area contributed by atoms with Crippen molar-refractivity contribution in [1.82, 2.24) is 10.6 Å². The first-order valence-electron chi connectivity index (χ1n) is 7.44. The fourth-order valence-electron chi connectivity index (χ4n) is 2.86. The molecule has 20 heavy (non-hydrogen) atoms. The number of halogens is 3. The highest BCUT2D eigenvalue weighted by Gasteiger charge is 2.30. The van der Waals surface area contributed by atoms with Gasteiger partial charge in [0.25, 0.3) is 0 Å². The van der Waals surface area contributed by atoms with Crippen LogP contribution in [0.5, 0.6) is 0 Å². The third kappa shape index (κ3) is 6.11. The molecule has 118 valence electrons. The standard InChI is InChI=1S/C14H25F3N2O/c1-3-12(11-7-5-4-6-8-11)19-10(2)13(20)18-9-14(15,16)17/h10-12,19H,3-9H2,1-2H3,(H,18,20). The normalized spacial score (nSPS) is 20.4. The summed E-state index contributed by atoms with van der Waals surface area (Å²) in [5, 5.41) is 5.12. The Balaban J connectivity index is 2.41. The Morgan fingerprint density at radius 2 is 1.85 bits per heavy atom. The molecule has 1 amide bonds. The average molecular weight is 294 g/mol. The summed E-state index contributed by atoms with van der Waals surface area (Å²) in [5.41, 5.74) is 0. The summed E-state index contributed by atoms with van der Waals surface area (Å²) in [7, 11) is 0. The topological polar surface area (TPSA) is 41.1 Å². The quantitative estimate of drug-likeness (QED) is 0.790. The fraction of sp³-hybridized carbons (Fsp3) is 0.929. The lowest BCUT2D eigenvalue weighted by Gasteiger charge is -2.32. The molecule has 1 aliphatic rings. The van der Waals surface area contributed by atoms with E-state index in [1.807, 2.05) is 12.2 Å². The second kappa shape index (κ2) is 7.86. The molecule has 3 nitrogen and oxygen atoms in total. The van der Waals surface area contributed by atoms with E-state index in [9.17, 15) is 18.0 Å². The monoisotopic (exact) mass is 294 g/mol. The van der Waals surface area contributed by atoms with E-state index in [0.29, 0.717) is 5.92 Å². The molecule has 2 atom stereocenters. The van der Waals surface area contributed by atoms with Crippen molar-refractivity contribution < 1.29 is 18.0 Å². The van der Waals surface area contributed by atoms with Crippen molar-refractivity contribution in [3.8, 4) is 0 Å². The molecular weight excluding hydrogens is 269 g/mol. The molecule has 1 saturated carbocycles. The van der Waals surface area contributed by atoms with Gasteiger partial charge in [-0.25, -0.2) is 0 Å². The van der Waals surface area contributed by atoms with Gasteiger partial charge in [-0.3, -0.25) is 4.79 Å². The Morgan fingerprint density at radius 1 is 1.25 bits per heavy atom. The lowest BCUT2D eigenvalue weighted by molar-refractivity contribution is -0.139. The summed E-state index contributed by atoms with van der Waals surface area (Å²) in [6.45, 7) is 2.40. The van der Waals surface area contributed by atoms with E-state index in [-0.39, 0.29) is 6.04 Å². The first-order valence-corrected chi connectivity index (χ1v) is 7.44. The maximum Gasteiger partial charge on any atom is 0.405 e. The van der Waals surface area contributed by atoms with Gasteiger partial charge in [0.2, 0.25) is 5.91 Å². The number of hydrogen-bond donors (Lipinski definition) is 2. The lowest BCUT2D eigenvalue weighted by Crippen LogP contribution is -2.50. The number of carbonyl (C=O) groups is 1. The van der Waals surface area contributed by atoms with Gasteiger partial charge in [-0.15, -0.1) is 0 Å². The smallest absolute Gasteiger partial charge is 0.346 e. The number of amides is 1. The van der Waals surface area contributed by atoms with Crippen LogP contribution < -0.4 is 10.6 Å². The van der Waals surface area contributed by atoms with E-state index in [0.717, 1.165) is 19.3 Å². The third-order valence-corrected chi connectivity index (χ3v) is 3.98. The molecule has 2 unspecified atom stereocenters. The summed E-state index contributed by atoms with van der Waals surface area (Å²) >= 11 is 0. The molecule has 1 aliphatic carbocycles. The van der Waals surface area contributed by atoms with E-state index < -0.39 is 24.7 Å². The van der Waals surface area contributed by atoms with Crippen LogP contribution in [0.25, 0.3) is 0 Å². The van der Waals surface area contributed by atoms with E-state index in [4.69, 9.17) is 0 Å². The minimum atomic E-state index is -4.36. The van der Waals surface area contributed by atoms with E-state index in [2.05, 4.69) is 5.32 Å². The van der Waals surface area contributed by atoms with Crippen LogP contribution in [0.3, 0.4) is 0 Å². The fourth-order valence-corrected chi connectivity index (χ4v) is 2.86. The Morgan fingerprint density at radius 3 is 2.35 bits per heavy atom. The first-order chi connectivity index (χ1) is 9.33. The van der Waals surface area contributed by atoms with Crippen LogP contribution in [0, 0.1) is 5.92 Å². The van der Waals surface area contributed by atoms with Crippen LogP contribution in [-0.4, -0.2) is 30.7 Å². The minimum absolute atomic E-state index is 0.210. The van der Waals surface area contributed by atoms with Crippen LogP contribution >= 0.6 is 0 Å². The Kier molecular flexibility index (Phi) is 6.79. The van der Waals surface area contributed by atoms with E-state index in [1.54, 1.807) is 6.92 Å². The second-order valence-electron chi connectivity index (χ2n) is 5.63. The zero-order valence-corrected chi connectivity index (χ0v) is 12.2. The molecule has 0 aromatic carbocycles. The molecule has 2 N–H and O–H groups in total. The average Bonchev–Trinajstić information content (AvgIpc) is 2.42.